The third-order valence-corrected chi connectivity index (χ3v) is 5.03. The molecule has 0 spiro atoms. The number of hydrogen-bond donors (Lipinski definition) is 1. The highest BCUT2D eigenvalue weighted by Gasteiger charge is 2.32. The van der Waals surface area contributed by atoms with Gasteiger partial charge in [-0.15, -0.1) is 5.10 Å². The minimum absolute atomic E-state index is 0.414. The number of benzene rings is 1. The lowest BCUT2D eigenvalue weighted by Crippen LogP contribution is -2.16. The van der Waals surface area contributed by atoms with Gasteiger partial charge in [0.25, 0.3) is 5.91 Å². The number of hydrogen-bond acceptors (Lipinski definition) is 5. The SMILES string of the molecule is CCn1cc(-c2cc(-c3cc(NC(=O)c4cc(C(F)(F)F)cnn4)ccc3C)ccn2)cn1. The molecule has 0 saturated heterocycles. The molecule has 168 valence electrons. The van der Waals surface area contributed by atoms with Gasteiger partial charge in [0.2, 0.25) is 0 Å². The predicted molar refractivity (Wildman–Crippen MR) is 116 cm³/mol. The van der Waals surface area contributed by atoms with E-state index >= 15 is 0 Å². The smallest absolute Gasteiger partial charge is 0.321 e. The van der Waals surface area contributed by atoms with Crippen molar-refractivity contribution in [2.45, 2.75) is 26.6 Å². The zero-order chi connectivity index (χ0) is 23.6. The number of carbonyl (C=O) groups is 1. The number of amides is 1. The molecule has 0 bridgehead atoms. The van der Waals surface area contributed by atoms with Gasteiger partial charge in [-0.25, -0.2) is 0 Å². The Balaban J connectivity index is 1.61. The average molecular weight is 452 g/mol. The van der Waals surface area contributed by atoms with Crippen molar-refractivity contribution >= 4 is 11.6 Å². The molecule has 4 aromatic rings. The summed E-state index contributed by atoms with van der Waals surface area (Å²) in [5.41, 5.74) is 3.25. The quantitative estimate of drug-likeness (QED) is 0.461. The van der Waals surface area contributed by atoms with Crippen LogP contribution in [0.15, 0.2) is 61.2 Å². The zero-order valence-electron chi connectivity index (χ0n) is 17.8. The topological polar surface area (TPSA) is 85.6 Å². The van der Waals surface area contributed by atoms with Crippen LogP contribution in [0, 0.1) is 6.92 Å². The Morgan fingerprint density at radius 1 is 1.09 bits per heavy atom. The summed E-state index contributed by atoms with van der Waals surface area (Å²) < 4.78 is 40.5. The lowest BCUT2D eigenvalue weighted by Gasteiger charge is -2.12. The van der Waals surface area contributed by atoms with E-state index < -0.39 is 23.3 Å². The van der Waals surface area contributed by atoms with Crippen molar-refractivity contribution in [3.8, 4) is 22.4 Å². The van der Waals surface area contributed by atoms with E-state index in [0.29, 0.717) is 18.0 Å². The number of rotatable bonds is 5. The highest BCUT2D eigenvalue weighted by molar-refractivity contribution is 6.03. The standard InChI is InChI=1S/C23H19F3N6O/c1-3-32-13-16(11-29-32)20-8-15(6-7-27-20)19-10-18(5-4-14(19)2)30-22(33)21-9-17(12-28-31-21)23(24,25)26/h4-13H,3H2,1-2H3,(H,30,33). The molecular weight excluding hydrogens is 433 g/mol. The molecule has 7 nitrogen and oxygen atoms in total. The Morgan fingerprint density at radius 3 is 2.64 bits per heavy atom. The molecule has 1 amide bonds. The lowest BCUT2D eigenvalue weighted by molar-refractivity contribution is -0.137. The normalized spacial score (nSPS) is 11.4. The van der Waals surface area contributed by atoms with Crippen LogP contribution < -0.4 is 5.32 Å². The first kappa shape index (κ1) is 22.1. The van der Waals surface area contributed by atoms with Crippen LogP contribution in [0.3, 0.4) is 0 Å². The van der Waals surface area contributed by atoms with Crippen molar-refractivity contribution < 1.29 is 18.0 Å². The third kappa shape index (κ3) is 4.89. The third-order valence-electron chi connectivity index (χ3n) is 5.03. The summed E-state index contributed by atoms with van der Waals surface area (Å²) in [6.45, 7) is 4.67. The number of alkyl halides is 3. The lowest BCUT2D eigenvalue weighted by atomic mass is 9.99. The fourth-order valence-electron chi connectivity index (χ4n) is 3.26. The molecule has 3 aromatic heterocycles. The van der Waals surface area contributed by atoms with Crippen LogP contribution in [0.4, 0.5) is 18.9 Å². The van der Waals surface area contributed by atoms with Crippen molar-refractivity contribution in [1.29, 1.82) is 0 Å². The first-order valence-corrected chi connectivity index (χ1v) is 10.1. The predicted octanol–water partition coefficient (Wildman–Crippen LogP) is 5.00. The van der Waals surface area contributed by atoms with Crippen molar-refractivity contribution in [3.05, 3.63) is 78.0 Å². The van der Waals surface area contributed by atoms with Gasteiger partial charge in [-0.05, 0) is 60.9 Å². The molecule has 0 atom stereocenters. The van der Waals surface area contributed by atoms with Crippen molar-refractivity contribution in [1.82, 2.24) is 25.0 Å². The first-order valence-electron chi connectivity index (χ1n) is 10.1. The Labute approximate surface area is 187 Å². The number of aromatic nitrogens is 5. The van der Waals surface area contributed by atoms with Gasteiger partial charge in [0.05, 0.1) is 23.7 Å². The summed E-state index contributed by atoms with van der Waals surface area (Å²) in [5.74, 6) is -0.786. The molecule has 0 unspecified atom stereocenters. The summed E-state index contributed by atoms with van der Waals surface area (Å²) in [4.78, 5) is 16.9. The van der Waals surface area contributed by atoms with E-state index in [-0.39, 0.29) is 0 Å². The van der Waals surface area contributed by atoms with Crippen LogP contribution in [-0.2, 0) is 12.7 Å². The van der Waals surface area contributed by atoms with E-state index in [0.717, 1.165) is 34.5 Å². The van der Waals surface area contributed by atoms with E-state index in [1.807, 2.05) is 42.9 Å². The van der Waals surface area contributed by atoms with Crippen molar-refractivity contribution in [2.24, 2.45) is 0 Å². The van der Waals surface area contributed by atoms with E-state index in [1.54, 1.807) is 24.5 Å². The van der Waals surface area contributed by atoms with E-state index in [1.165, 1.54) is 0 Å². The average Bonchev–Trinajstić information content (AvgIpc) is 3.29. The second-order valence-electron chi connectivity index (χ2n) is 7.33. The number of carbonyl (C=O) groups excluding carboxylic acids is 1. The van der Waals surface area contributed by atoms with Gasteiger partial charge >= 0.3 is 6.18 Å². The Kier molecular flexibility index (Phi) is 5.91. The highest BCUT2D eigenvalue weighted by Crippen LogP contribution is 2.30. The van der Waals surface area contributed by atoms with Crippen LogP contribution in [0.1, 0.15) is 28.5 Å². The van der Waals surface area contributed by atoms with Crippen LogP contribution >= 0.6 is 0 Å². The molecule has 4 rings (SSSR count). The number of anilines is 1. The zero-order valence-corrected chi connectivity index (χ0v) is 17.8. The highest BCUT2D eigenvalue weighted by atomic mass is 19.4. The number of halogens is 3. The van der Waals surface area contributed by atoms with Gasteiger partial charge in [0.15, 0.2) is 5.69 Å². The maximum atomic E-state index is 12.9. The largest absolute Gasteiger partial charge is 0.418 e. The minimum atomic E-state index is -4.62. The van der Waals surface area contributed by atoms with Crippen molar-refractivity contribution in [2.75, 3.05) is 5.32 Å². The molecule has 10 heteroatoms. The van der Waals surface area contributed by atoms with Crippen LogP contribution in [-0.4, -0.2) is 30.9 Å². The summed E-state index contributed by atoms with van der Waals surface area (Å²) in [6, 6.07) is 9.68. The molecule has 0 fully saturated rings. The fourth-order valence-corrected chi connectivity index (χ4v) is 3.26. The molecule has 33 heavy (non-hydrogen) atoms. The maximum Gasteiger partial charge on any atom is 0.418 e. The molecule has 0 radical (unpaired) electrons. The molecule has 0 aliphatic heterocycles. The minimum Gasteiger partial charge on any atom is -0.321 e. The van der Waals surface area contributed by atoms with Crippen LogP contribution in [0.5, 0.6) is 0 Å². The molecule has 0 aliphatic rings. The van der Waals surface area contributed by atoms with Crippen LogP contribution in [0.25, 0.3) is 22.4 Å². The molecule has 3 heterocycles. The summed E-state index contributed by atoms with van der Waals surface area (Å²) in [5, 5.41) is 13.7. The summed E-state index contributed by atoms with van der Waals surface area (Å²) in [7, 11) is 0. The monoisotopic (exact) mass is 452 g/mol. The van der Waals surface area contributed by atoms with Crippen LogP contribution in [0.2, 0.25) is 0 Å². The molecule has 0 saturated carbocycles. The van der Waals surface area contributed by atoms with Crippen molar-refractivity contribution in [3.63, 3.8) is 0 Å². The van der Waals surface area contributed by atoms with Gasteiger partial charge in [0, 0.05) is 30.2 Å². The molecule has 1 aromatic carbocycles. The van der Waals surface area contributed by atoms with E-state index in [9.17, 15) is 18.0 Å². The van der Waals surface area contributed by atoms with Gasteiger partial charge in [-0.3, -0.25) is 14.5 Å². The van der Waals surface area contributed by atoms with E-state index in [2.05, 4.69) is 25.6 Å². The maximum absolute atomic E-state index is 12.9. The number of nitrogens with zero attached hydrogens (tertiary/aromatic N) is 5. The Hall–Kier alpha value is -4.08. The second kappa shape index (κ2) is 8.81. The first-order chi connectivity index (χ1) is 15.7. The fraction of sp³-hybridized carbons (Fsp3) is 0.174. The Morgan fingerprint density at radius 2 is 1.91 bits per heavy atom. The Bertz CT molecular complexity index is 1320. The van der Waals surface area contributed by atoms with E-state index in [4.69, 9.17) is 0 Å². The van der Waals surface area contributed by atoms with Gasteiger partial charge < -0.3 is 5.32 Å². The molecular formula is C23H19F3N6O. The summed E-state index contributed by atoms with van der Waals surface area (Å²) in [6.07, 6.45) is 1.30. The van der Waals surface area contributed by atoms with Gasteiger partial charge in [0.1, 0.15) is 0 Å². The second-order valence-corrected chi connectivity index (χ2v) is 7.33. The number of pyridine rings is 1. The van der Waals surface area contributed by atoms with Gasteiger partial charge in [-0.2, -0.15) is 23.4 Å². The number of aryl methyl sites for hydroxylation is 2. The number of nitrogens with one attached hydrogen (secondary N) is 1. The molecule has 1 N–H and O–H groups in total. The summed E-state index contributed by atoms with van der Waals surface area (Å²) >= 11 is 0. The molecule has 0 aliphatic carbocycles. The van der Waals surface area contributed by atoms with Gasteiger partial charge in [-0.1, -0.05) is 6.07 Å².